The predicted molar refractivity (Wildman–Crippen MR) is 46.7 cm³/mol. The van der Waals surface area contributed by atoms with Gasteiger partial charge in [0.2, 0.25) is 0 Å². The molecule has 0 spiro atoms. The summed E-state index contributed by atoms with van der Waals surface area (Å²) < 4.78 is 1.54. The van der Waals surface area contributed by atoms with Crippen molar-refractivity contribution in [1.82, 2.24) is 19.7 Å². The van der Waals surface area contributed by atoms with E-state index in [0.717, 1.165) is 0 Å². The van der Waals surface area contributed by atoms with E-state index in [1.54, 1.807) is 17.1 Å². The number of fused-ring (bicyclic) bond motifs is 1. The van der Waals surface area contributed by atoms with Crippen molar-refractivity contribution in [2.45, 2.75) is 0 Å². The van der Waals surface area contributed by atoms with E-state index in [-0.39, 0.29) is 0 Å². The third-order valence-corrected chi connectivity index (χ3v) is 1.63. The smallest absolute Gasteiger partial charge is 0.181 e. The Morgan fingerprint density at radius 2 is 2.33 bits per heavy atom. The molecule has 60 valence electrons. The molecule has 2 rings (SSSR count). The third-order valence-electron chi connectivity index (χ3n) is 1.44. The number of nitrogens with zero attached hydrogens (tertiary/aromatic N) is 4. The van der Waals surface area contributed by atoms with E-state index < -0.39 is 0 Å². The zero-order chi connectivity index (χ0) is 8.55. The van der Waals surface area contributed by atoms with Crippen molar-refractivity contribution in [3.8, 4) is 0 Å². The summed E-state index contributed by atoms with van der Waals surface area (Å²) in [5, 5.41) is 4.34. The molecule has 0 N–H and O–H groups in total. The van der Waals surface area contributed by atoms with Gasteiger partial charge in [-0.2, -0.15) is 5.10 Å². The van der Waals surface area contributed by atoms with Gasteiger partial charge in [0.05, 0.1) is 12.4 Å². The molecule has 0 unspecified atom stereocenters. The summed E-state index contributed by atoms with van der Waals surface area (Å²) in [5.74, 6) is 0. The largest absolute Gasteiger partial charge is 0.232 e. The average molecular weight is 181 g/mol. The summed E-state index contributed by atoms with van der Waals surface area (Å²) in [7, 11) is 0. The van der Waals surface area contributed by atoms with Crippen molar-refractivity contribution < 1.29 is 0 Å². The predicted octanol–water partition coefficient (Wildman–Crippen LogP) is 1.58. The summed E-state index contributed by atoms with van der Waals surface area (Å²) in [6.45, 7) is 3.58. The molecule has 0 saturated carbocycles. The molecule has 2 heterocycles. The molecular formula is C7H5ClN4. The van der Waals surface area contributed by atoms with Crippen LogP contribution in [0.1, 0.15) is 0 Å². The Morgan fingerprint density at radius 3 is 3.08 bits per heavy atom. The molecule has 0 aliphatic carbocycles. The number of hydrogen-bond acceptors (Lipinski definition) is 3. The highest BCUT2D eigenvalue weighted by atomic mass is 35.5. The van der Waals surface area contributed by atoms with Gasteiger partial charge in [-0.15, -0.1) is 0 Å². The van der Waals surface area contributed by atoms with E-state index in [0.29, 0.717) is 16.3 Å². The maximum Gasteiger partial charge on any atom is 0.181 e. The highest BCUT2D eigenvalue weighted by Crippen LogP contribution is 2.11. The van der Waals surface area contributed by atoms with Gasteiger partial charge in [0, 0.05) is 6.20 Å². The van der Waals surface area contributed by atoms with Crippen LogP contribution >= 0.6 is 11.6 Å². The second kappa shape index (κ2) is 2.57. The third kappa shape index (κ3) is 0.967. The summed E-state index contributed by atoms with van der Waals surface area (Å²) in [6.07, 6.45) is 4.63. The Balaban J connectivity index is 2.81. The van der Waals surface area contributed by atoms with E-state index in [1.165, 1.54) is 6.20 Å². The van der Waals surface area contributed by atoms with Crippen molar-refractivity contribution >= 4 is 29.0 Å². The summed E-state index contributed by atoms with van der Waals surface area (Å²) in [5.41, 5.74) is 1.33. The fourth-order valence-corrected chi connectivity index (χ4v) is 1.08. The lowest BCUT2D eigenvalue weighted by Crippen LogP contribution is -1.89. The Kier molecular flexibility index (Phi) is 1.55. The van der Waals surface area contributed by atoms with E-state index in [1.807, 2.05) is 0 Å². The highest BCUT2D eigenvalue weighted by Gasteiger charge is 2.02. The molecule has 0 saturated heterocycles. The Hall–Kier alpha value is -1.42. The average Bonchev–Trinajstić information content (AvgIpc) is 2.46. The maximum atomic E-state index is 5.63. The van der Waals surface area contributed by atoms with Gasteiger partial charge in [-0.25, -0.2) is 14.6 Å². The Morgan fingerprint density at radius 1 is 1.50 bits per heavy atom. The van der Waals surface area contributed by atoms with Crippen LogP contribution in [-0.4, -0.2) is 19.7 Å². The van der Waals surface area contributed by atoms with Crippen LogP contribution < -0.4 is 0 Å². The first-order chi connectivity index (χ1) is 5.81. The zero-order valence-electron chi connectivity index (χ0n) is 6.11. The van der Waals surface area contributed by atoms with Crippen LogP contribution in [0.3, 0.4) is 0 Å². The van der Waals surface area contributed by atoms with Crippen LogP contribution in [0, 0.1) is 0 Å². The van der Waals surface area contributed by atoms with Crippen LogP contribution in [0.15, 0.2) is 19.0 Å². The van der Waals surface area contributed by atoms with Crippen LogP contribution in [0.2, 0.25) is 5.15 Å². The van der Waals surface area contributed by atoms with Crippen molar-refractivity contribution in [3.05, 3.63) is 24.1 Å². The SMILES string of the molecule is C=Cn1ncc2nc(Cl)cnc21. The first-order valence-corrected chi connectivity index (χ1v) is 3.67. The van der Waals surface area contributed by atoms with Crippen LogP contribution in [0.5, 0.6) is 0 Å². The molecule has 0 aromatic carbocycles. The first-order valence-electron chi connectivity index (χ1n) is 3.29. The molecule has 4 nitrogen and oxygen atoms in total. The van der Waals surface area contributed by atoms with Crippen molar-refractivity contribution in [3.63, 3.8) is 0 Å². The van der Waals surface area contributed by atoms with Crippen molar-refractivity contribution in [2.75, 3.05) is 0 Å². The van der Waals surface area contributed by atoms with Crippen LogP contribution in [0.25, 0.3) is 17.4 Å². The van der Waals surface area contributed by atoms with Crippen LogP contribution in [0.4, 0.5) is 0 Å². The van der Waals surface area contributed by atoms with E-state index in [2.05, 4.69) is 21.6 Å². The molecule has 0 atom stereocenters. The van der Waals surface area contributed by atoms with Gasteiger partial charge in [-0.1, -0.05) is 18.2 Å². The van der Waals surface area contributed by atoms with E-state index in [9.17, 15) is 0 Å². The van der Waals surface area contributed by atoms with E-state index >= 15 is 0 Å². The minimum atomic E-state index is 0.367. The topological polar surface area (TPSA) is 43.6 Å². The molecule has 0 aliphatic rings. The molecule has 0 bridgehead atoms. The van der Waals surface area contributed by atoms with Crippen LogP contribution in [-0.2, 0) is 0 Å². The van der Waals surface area contributed by atoms with Gasteiger partial charge in [0.15, 0.2) is 5.65 Å². The maximum absolute atomic E-state index is 5.63. The second-order valence-corrected chi connectivity index (χ2v) is 2.56. The molecule has 5 heteroatoms. The lowest BCUT2D eigenvalue weighted by molar-refractivity contribution is 0.951. The van der Waals surface area contributed by atoms with Gasteiger partial charge in [-0.3, -0.25) is 0 Å². The van der Waals surface area contributed by atoms with Gasteiger partial charge in [-0.05, 0) is 0 Å². The van der Waals surface area contributed by atoms with Crippen molar-refractivity contribution in [1.29, 1.82) is 0 Å². The van der Waals surface area contributed by atoms with Gasteiger partial charge in [0.25, 0.3) is 0 Å². The fourth-order valence-electron chi connectivity index (χ4n) is 0.943. The Bertz CT molecular complexity index is 434. The van der Waals surface area contributed by atoms with E-state index in [4.69, 9.17) is 11.6 Å². The van der Waals surface area contributed by atoms with Gasteiger partial charge < -0.3 is 0 Å². The molecule has 0 fully saturated rings. The first kappa shape index (κ1) is 7.24. The zero-order valence-corrected chi connectivity index (χ0v) is 6.86. The number of hydrogen-bond donors (Lipinski definition) is 0. The second-order valence-electron chi connectivity index (χ2n) is 2.17. The Labute approximate surface area is 73.5 Å². The molecule has 12 heavy (non-hydrogen) atoms. The lowest BCUT2D eigenvalue weighted by atomic mass is 10.5. The fraction of sp³-hybridized carbons (Fsp3) is 0. The molecule has 2 aromatic rings. The number of aromatic nitrogens is 4. The summed E-state index contributed by atoms with van der Waals surface area (Å²) >= 11 is 5.63. The minimum absolute atomic E-state index is 0.367. The van der Waals surface area contributed by atoms with Crippen molar-refractivity contribution in [2.24, 2.45) is 0 Å². The molecule has 0 amide bonds. The molecule has 2 aromatic heterocycles. The van der Waals surface area contributed by atoms with Gasteiger partial charge in [0.1, 0.15) is 10.7 Å². The summed E-state index contributed by atoms with van der Waals surface area (Å²) in [4.78, 5) is 8.06. The molecular weight excluding hydrogens is 176 g/mol. The lowest BCUT2D eigenvalue weighted by Gasteiger charge is -1.92. The van der Waals surface area contributed by atoms with Gasteiger partial charge >= 0.3 is 0 Å². The minimum Gasteiger partial charge on any atom is -0.232 e. The monoisotopic (exact) mass is 180 g/mol. The number of halogens is 1. The highest BCUT2D eigenvalue weighted by molar-refractivity contribution is 6.29. The normalized spacial score (nSPS) is 10.4. The molecule has 0 radical (unpaired) electrons. The quantitative estimate of drug-likeness (QED) is 0.669. The number of rotatable bonds is 1. The summed E-state index contributed by atoms with van der Waals surface area (Å²) in [6, 6.07) is 0. The standard InChI is InChI=1S/C7H5ClN4/c1-2-12-7-5(3-10-12)11-6(8)4-9-7/h2-4H,1H2. The molecule has 0 aliphatic heterocycles.